The average Bonchev–Trinajstić information content (AvgIpc) is 2.80. The molecular formula is C10H16N2. The summed E-state index contributed by atoms with van der Waals surface area (Å²) in [5.74, 6) is 0.708. The van der Waals surface area contributed by atoms with Crippen LogP contribution in [0.4, 0.5) is 0 Å². The minimum atomic E-state index is 0.553. The van der Waals surface area contributed by atoms with Crippen LogP contribution in [0.25, 0.3) is 0 Å². The summed E-state index contributed by atoms with van der Waals surface area (Å²) in [5.41, 5.74) is 8.11. The predicted octanol–water partition coefficient (Wildman–Crippen LogP) is 2.23. The summed E-state index contributed by atoms with van der Waals surface area (Å²) in [6.45, 7) is 7.65. The van der Waals surface area contributed by atoms with Crippen LogP contribution in [0.3, 0.4) is 0 Å². The first-order valence-corrected chi connectivity index (χ1v) is 4.31. The Hall–Kier alpha value is -1.05. The second kappa shape index (κ2) is 3.57. The van der Waals surface area contributed by atoms with Crippen LogP contribution in [0.1, 0.15) is 26.7 Å². The van der Waals surface area contributed by atoms with E-state index in [9.17, 15) is 0 Å². The summed E-state index contributed by atoms with van der Waals surface area (Å²) in [4.78, 5) is 4.41. The number of rotatable bonds is 3. The fraction of sp³-hybridized carbons (Fsp3) is 0.500. The third-order valence-electron chi connectivity index (χ3n) is 2.07. The van der Waals surface area contributed by atoms with Crippen molar-refractivity contribution in [3.05, 3.63) is 24.0 Å². The maximum atomic E-state index is 5.55. The van der Waals surface area contributed by atoms with Gasteiger partial charge in [0.15, 0.2) is 0 Å². The van der Waals surface area contributed by atoms with Crippen molar-refractivity contribution < 1.29 is 0 Å². The van der Waals surface area contributed by atoms with E-state index in [0.29, 0.717) is 11.6 Å². The highest BCUT2D eigenvalue weighted by Gasteiger charge is 2.24. The average molecular weight is 164 g/mol. The van der Waals surface area contributed by atoms with Crippen molar-refractivity contribution in [1.82, 2.24) is 0 Å². The van der Waals surface area contributed by atoms with E-state index in [-0.39, 0.29) is 0 Å². The number of nitrogens with zero attached hydrogens (tertiary/aromatic N) is 1. The molecule has 1 aliphatic rings. The smallest absolute Gasteiger partial charge is 0.0809 e. The molecule has 0 unspecified atom stereocenters. The summed E-state index contributed by atoms with van der Waals surface area (Å²) >= 11 is 0. The van der Waals surface area contributed by atoms with Crippen LogP contribution in [0.2, 0.25) is 0 Å². The van der Waals surface area contributed by atoms with E-state index in [2.05, 4.69) is 18.5 Å². The lowest BCUT2D eigenvalue weighted by atomic mass is 10.2. The summed E-state index contributed by atoms with van der Waals surface area (Å²) in [5, 5.41) is 0. The molecule has 12 heavy (non-hydrogen) atoms. The largest absolute Gasteiger partial charge is 0.397 e. The number of hydrogen-bond acceptors (Lipinski definition) is 2. The lowest BCUT2D eigenvalue weighted by Crippen LogP contribution is -2.01. The Morgan fingerprint density at radius 3 is 2.50 bits per heavy atom. The number of nitrogens with two attached hydrogens (primary N) is 1. The van der Waals surface area contributed by atoms with Crippen molar-refractivity contribution in [3.8, 4) is 0 Å². The minimum absolute atomic E-state index is 0.553. The monoisotopic (exact) mass is 164 g/mol. The van der Waals surface area contributed by atoms with Crippen LogP contribution in [0, 0.1) is 5.92 Å². The fourth-order valence-electron chi connectivity index (χ4n) is 1.10. The minimum Gasteiger partial charge on any atom is -0.397 e. The van der Waals surface area contributed by atoms with E-state index in [1.165, 1.54) is 18.6 Å². The molecule has 1 saturated carbocycles. The lowest BCUT2D eigenvalue weighted by Gasteiger charge is -2.01. The van der Waals surface area contributed by atoms with E-state index in [4.69, 9.17) is 5.73 Å². The Bertz CT molecular complexity index is 245. The zero-order chi connectivity index (χ0) is 9.14. The Balaban J connectivity index is 2.68. The molecule has 0 aromatic heterocycles. The third kappa shape index (κ3) is 2.22. The summed E-state index contributed by atoms with van der Waals surface area (Å²) in [6.07, 6.45) is 4.46. The zero-order valence-electron chi connectivity index (χ0n) is 7.80. The van der Waals surface area contributed by atoms with E-state index in [1.807, 2.05) is 13.0 Å². The predicted molar refractivity (Wildman–Crippen MR) is 52.9 cm³/mol. The first-order valence-electron chi connectivity index (χ1n) is 4.31. The van der Waals surface area contributed by atoms with Crippen LogP contribution < -0.4 is 5.73 Å². The second-order valence-electron chi connectivity index (χ2n) is 3.23. The highest BCUT2D eigenvalue weighted by molar-refractivity contribution is 5.87. The van der Waals surface area contributed by atoms with Gasteiger partial charge in [0.05, 0.1) is 5.70 Å². The van der Waals surface area contributed by atoms with Gasteiger partial charge in [0.1, 0.15) is 0 Å². The van der Waals surface area contributed by atoms with Gasteiger partial charge in [-0.25, -0.2) is 0 Å². The molecule has 0 bridgehead atoms. The summed E-state index contributed by atoms with van der Waals surface area (Å²) < 4.78 is 0. The van der Waals surface area contributed by atoms with Crippen molar-refractivity contribution in [3.63, 3.8) is 0 Å². The van der Waals surface area contributed by atoms with Gasteiger partial charge in [-0.3, -0.25) is 4.99 Å². The Morgan fingerprint density at radius 2 is 2.17 bits per heavy atom. The Labute approximate surface area is 73.9 Å². The molecule has 0 aliphatic heterocycles. The molecule has 2 N–H and O–H groups in total. The van der Waals surface area contributed by atoms with Crippen LogP contribution in [0.15, 0.2) is 29.0 Å². The molecule has 0 amide bonds. The highest BCUT2D eigenvalue weighted by Crippen LogP contribution is 2.31. The molecule has 1 rings (SSSR count). The van der Waals surface area contributed by atoms with Crippen LogP contribution in [-0.2, 0) is 0 Å². The van der Waals surface area contributed by atoms with Crippen LogP contribution in [-0.4, -0.2) is 5.71 Å². The first kappa shape index (κ1) is 9.04. The highest BCUT2D eigenvalue weighted by atomic mass is 14.8. The maximum absolute atomic E-state index is 5.55. The van der Waals surface area contributed by atoms with Gasteiger partial charge in [-0.15, -0.1) is 0 Å². The Kier molecular flexibility index (Phi) is 2.69. The second-order valence-corrected chi connectivity index (χ2v) is 3.23. The van der Waals surface area contributed by atoms with Crippen LogP contribution >= 0.6 is 0 Å². The van der Waals surface area contributed by atoms with Gasteiger partial charge in [0.2, 0.25) is 0 Å². The van der Waals surface area contributed by atoms with Gasteiger partial charge in [-0.1, -0.05) is 12.7 Å². The van der Waals surface area contributed by atoms with Crippen molar-refractivity contribution >= 4 is 5.71 Å². The normalized spacial score (nSPS) is 19.5. The molecule has 0 radical (unpaired) electrons. The standard InChI is InChI=1S/C10H16N2/c1-4-10(7(2)11)12-8(3)9-5-6-9/h4,9H,2,5-6,11H2,1,3H3/b10-4-,12-8+. The fourth-order valence-corrected chi connectivity index (χ4v) is 1.10. The maximum Gasteiger partial charge on any atom is 0.0809 e. The van der Waals surface area contributed by atoms with Gasteiger partial charge in [0, 0.05) is 11.4 Å². The van der Waals surface area contributed by atoms with Crippen molar-refractivity contribution in [2.45, 2.75) is 26.7 Å². The van der Waals surface area contributed by atoms with Crippen molar-refractivity contribution in [2.24, 2.45) is 16.6 Å². The van der Waals surface area contributed by atoms with E-state index < -0.39 is 0 Å². The summed E-state index contributed by atoms with van der Waals surface area (Å²) in [6, 6.07) is 0. The van der Waals surface area contributed by atoms with Gasteiger partial charge in [0.25, 0.3) is 0 Å². The van der Waals surface area contributed by atoms with Gasteiger partial charge in [-0.05, 0) is 32.6 Å². The van der Waals surface area contributed by atoms with Crippen molar-refractivity contribution in [2.75, 3.05) is 0 Å². The molecule has 0 saturated heterocycles. The quantitative estimate of drug-likeness (QED) is 0.504. The molecule has 0 aromatic carbocycles. The van der Waals surface area contributed by atoms with E-state index in [0.717, 1.165) is 5.70 Å². The van der Waals surface area contributed by atoms with E-state index >= 15 is 0 Å². The molecule has 2 nitrogen and oxygen atoms in total. The number of hydrogen-bond donors (Lipinski definition) is 1. The molecular weight excluding hydrogens is 148 g/mol. The Morgan fingerprint density at radius 1 is 1.58 bits per heavy atom. The zero-order valence-corrected chi connectivity index (χ0v) is 7.80. The molecule has 0 spiro atoms. The van der Waals surface area contributed by atoms with Gasteiger partial charge >= 0.3 is 0 Å². The molecule has 0 heterocycles. The molecule has 0 aromatic rings. The first-order chi connectivity index (χ1) is 5.65. The van der Waals surface area contributed by atoms with Gasteiger partial charge in [-0.2, -0.15) is 0 Å². The topological polar surface area (TPSA) is 38.4 Å². The molecule has 1 aliphatic carbocycles. The van der Waals surface area contributed by atoms with Gasteiger partial charge < -0.3 is 5.73 Å². The van der Waals surface area contributed by atoms with E-state index in [1.54, 1.807) is 0 Å². The van der Waals surface area contributed by atoms with Crippen LogP contribution in [0.5, 0.6) is 0 Å². The molecule has 2 heteroatoms. The number of aliphatic imine (C=N–C) groups is 1. The molecule has 66 valence electrons. The van der Waals surface area contributed by atoms with Crippen molar-refractivity contribution in [1.29, 1.82) is 0 Å². The third-order valence-corrected chi connectivity index (χ3v) is 2.07. The lowest BCUT2D eigenvalue weighted by molar-refractivity contribution is 1.13. The molecule has 0 atom stereocenters. The molecule has 1 fully saturated rings. The number of allylic oxidation sites excluding steroid dienone is 1. The summed E-state index contributed by atoms with van der Waals surface area (Å²) in [7, 11) is 0. The SMILES string of the molecule is C=C(N)C(=C/C)/N=C(\C)C1CC1.